The normalized spacial score (nSPS) is 32.9. The van der Waals surface area contributed by atoms with Gasteiger partial charge in [0, 0.05) is 18.8 Å². The first-order valence-electron chi connectivity index (χ1n) is 4.74. The quantitative estimate of drug-likeness (QED) is 0.631. The summed E-state index contributed by atoms with van der Waals surface area (Å²) in [7, 11) is 0. The standard InChI is InChI=1S/C10H18O3/c1-6-8(11)4-7(5-9(12)13)10(6,2)3/h6-7,9,12-13H,4-5H2,1-3H3/t6-,7+/m1/s1. The van der Waals surface area contributed by atoms with Gasteiger partial charge >= 0.3 is 0 Å². The Morgan fingerprint density at radius 1 is 1.54 bits per heavy atom. The van der Waals surface area contributed by atoms with Crippen molar-refractivity contribution in [3.05, 3.63) is 0 Å². The summed E-state index contributed by atoms with van der Waals surface area (Å²) >= 11 is 0. The van der Waals surface area contributed by atoms with Crippen LogP contribution in [0.3, 0.4) is 0 Å². The molecule has 13 heavy (non-hydrogen) atoms. The molecule has 0 spiro atoms. The third kappa shape index (κ3) is 1.92. The van der Waals surface area contributed by atoms with Gasteiger partial charge in [-0.3, -0.25) is 4.79 Å². The summed E-state index contributed by atoms with van der Waals surface area (Å²) in [5.74, 6) is 0.391. The maximum Gasteiger partial charge on any atom is 0.151 e. The van der Waals surface area contributed by atoms with Crippen LogP contribution in [0.5, 0.6) is 0 Å². The lowest BCUT2D eigenvalue weighted by Gasteiger charge is -2.30. The van der Waals surface area contributed by atoms with Gasteiger partial charge in [-0.05, 0) is 11.3 Å². The third-order valence-corrected chi connectivity index (χ3v) is 3.59. The molecule has 1 rings (SSSR count). The van der Waals surface area contributed by atoms with E-state index in [0.29, 0.717) is 12.8 Å². The van der Waals surface area contributed by atoms with Crippen LogP contribution in [0.25, 0.3) is 0 Å². The molecule has 2 N–H and O–H groups in total. The second-order valence-corrected chi connectivity index (χ2v) is 4.63. The third-order valence-electron chi connectivity index (χ3n) is 3.59. The first-order chi connectivity index (χ1) is 5.85. The molecule has 1 saturated carbocycles. The SMILES string of the molecule is C[C@@H]1C(=O)C[C@@H](CC(O)O)C1(C)C. The molecule has 0 bridgehead atoms. The predicted molar refractivity (Wildman–Crippen MR) is 48.9 cm³/mol. The van der Waals surface area contributed by atoms with E-state index < -0.39 is 6.29 Å². The summed E-state index contributed by atoms with van der Waals surface area (Å²) in [4.78, 5) is 11.4. The first kappa shape index (κ1) is 10.7. The van der Waals surface area contributed by atoms with E-state index in [0.717, 1.165) is 0 Å². The molecule has 0 aromatic carbocycles. The van der Waals surface area contributed by atoms with Crippen LogP contribution in [-0.2, 0) is 4.79 Å². The highest BCUT2D eigenvalue weighted by Crippen LogP contribution is 2.46. The molecule has 0 heterocycles. The molecule has 1 aliphatic carbocycles. The first-order valence-corrected chi connectivity index (χ1v) is 4.74. The van der Waals surface area contributed by atoms with Crippen LogP contribution >= 0.6 is 0 Å². The zero-order valence-corrected chi connectivity index (χ0v) is 8.45. The van der Waals surface area contributed by atoms with Gasteiger partial charge in [0.2, 0.25) is 0 Å². The monoisotopic (exact) mass is 186 g/mol. The lowest BCUT2D eigenvalue weighted by molar-refractivity contribution is -0.121. The predicted octanol–water partition coefficient (Wildman–Crippen LogP) is 0.939. The summed E-state index contributed by atoms with van der Waals surface area (Å²) < 4.78 is 0. The van der Waals surface area contributed by atoms with Crippen molar-refractivity contribution in [3.8, 4) is 0 Å². The van der Waals surface area contributed by atoms with Gasteiger partial charge in [-0.1, -0.05) is 20.8 Å². The number of aliphatic hydroxyl groups is 2. The van der Waals surface area contributed by atoms with Crippen LogP contribution < -0.4 is 0 Å². The van der Waals surface area contributed by atoms with Gasteiger partial charge in [0.05, 0.1) is 0 Å². The topological polar surface area (TPSA) is 57.5 Å². The fourth-order valence-electron chi connectivity index (χ4n) is 2.09. The van der Waals surface area contributed by atoms with E-state index in [1.54, 1.807) is 0 Å². The molecule has 2 atom stereocenters. The fraction of sp³-hybridized carbons (Fsp3) is 0.900. The zero-order valence-electron chi connectivity index (χ0n) is 8.45. The summed E-state index contributed by atoms with van der Waals surface area (Å²) in [6.45, 7) is 5.97. The molecule has 1 aliphatic rings. The number of carbonyl (C=O) groups excluding carboxylic acids is 1. The number of hydrogen-bond donors (Lipinski definition) is 2. The molecule has 0 radical (unpaired) electrons. The number of carbonyl (C=O) groups is 1. The molecule has 0 amide bonds. The second kappa shape index (κ2) is 3.39. The van der Waals surface area contributed by atoms with Crippen molar-refractivity contribution in [3.63, 3.8) is 0 Å². The van der Waals surface area contributed by atoms with Crippen LogP contribution in [0.1, 0.15) is 33.6 Å². The van der Waals surface area contributed by atoms with Crippen molar-refractivity contribution >= 4 is 5.78 Å². The molecule has 0 aromatic rings. The Labute approximate surface area is 78.8 Å². The Morgan fingerprint density at radius 2 is 2.08 bits per heavy atom. The number of rotatable bonds is 2. The van der Waals surface area contributed by atoms with Gasteiger partial charge in [0.25, 0.3) is 0 Å². The van der Waals surface area contributed by atoms with Crippen molar-refractivity contribution in [1.82, 2.24) is 0 Å². The van der Waals surface area contributed by atoms with Crippen molar-refractivity contribution in [2.24, 2.45) is 17.3 Å². The Bertz CT molecular complexity index is 208. The van der Waals surface area contributed by atoms with Gasteiger partial charge in [0.1, 0.15) is 5.78 Å². The minimum absolute atomic E-state index is 0.0382. The molecule has 3 nitrogen and oxygen atoms in total. The summed E-state index contributed by atoms with van der Waals surface area (Å²) in [5.41, 5.74) is -0.0964. The van der Waals surface area contributed by atoms with Crippen LogP contribution in [0.15, 0.2) is 0 Å². The second-order valence-electron chi connectivity index (χ2n) is 4.63. The van der Waals surface area contributed by atoms with Gasteiger partial charge in [-0.2, -0.15) is 0 Å². The van der Waals surface area contributed by atoms with Gasteiger partial charge < -0.3 is 10.2 Å². The Hall–Kier alpha value is -0.410. The van der Waals surface area contributed by atoms with E-state index in [9.17, 15) is 4.79 Å². The summed E-state index contributed by atoms with van der Waals surface area (Å²) in [6.07, 6.45) is -0.489. The highest BCUT2D eigenvalue weighted by molar-refractivity contribution is 5.84. The molecule has 3 heteroatoms. The van der Waals surface area contributed by atoms with E-state index in [-0.39, 0.29) is 23.0 Å². The maximum absolute atomic E-state index is 11.4. The van der Waals surface area contributed by atoms with Crippen molar-refractivity contribution in [2.75, 3.05) is 0 Å². The molecule has 0 saturated heterocycles. The maximum atomic E-state index is 11.4. The summed E-state index contributed by atoms with van der Waals surface area (Å²) in [6, 6.07) is 0. The number of aliphatic hydroxyl groups excluding tert-OH is 1. The molecule has 1 fully saturated rings. The average molecular weight is 186 g/mol. The van der Waals surface area contributed by atoms with E-state index >= 15 is 0 Å². The molecule has 0 aromatic heterocycles. The minimum Gasteiger partial charge on any atom is -0.368 e. The van der Waals surface area contributed by atoms with E-state index in [2.05, 4.69) is 0 Å². The average Bonchev–Trinajstić information content (AvgIpc) is 2.15. The van der Waals surface area contributed by atoms with E-state index in [4.69, 9.17) is 10.2 Å². The van der Waals surface area contributed by atoms with Gasteiger partial charge in [0.15, 0.2) is 6.29 Å². The van der Waals surface area contributed by atoms with Crippen LogP contribution in [0.2, 0.25) is 0 Å². The molecule has 0 unspecified atom stereocenters. The Morgan fingerprint density at radius 3 is 2.38 bits per heavy atom. The zero-order chi connectivity index (χ0) is 10.2. The van der Waals surface area contributed by atoms with E-state index in [1.807, 2.05) is 20.8 Å². The van der Waals surface area contributed by atoms with Crippen molar-refractivity contribution in [1.29, 1.82) is 0 Å². The minimum atomic E-state index is -1.29. The fourth-order valence-corrected chi connectivity index (χ4v) is 2.09. The highest BCUT2D eigenvalue weighted by Gasteiger charge is 2.46. The molecule has 0 aliphatic heterocycles. The lowest BCUT2D eigenvalue weighted by Crippen LogP contribution is -2.27. The number of hydrogen-bond acceptors (Lipinski definition) is 3. The lowest BCUT2D eigenvalue weighted by atomic mass is 9.75. The molecular weight excluding hydrogens is 168 g/mol. The molecular formula is C10H18O3. The number of ketones is 1. The van der Waals surface area contributed by atoms with Crippen LogP contribution in [0, 0.1) is 17.3 Å². The van der Waals surface area contributed by atoms with Crippen molar-refractivity contribution < 1.29 is 15.0 Å². The van der Waals surface area contributed by atoms with E-state index in [1.165, 1.54) is 0 Å². The van der Waals surface area contributed by atoms with Crippen LogP contribution in [-0.4, -0.2) is 22.3 Å². The largest absolute Gasteiger partial charge is 0.368 e. The number of Topliss-reactive ketones (excluding diaryl/α,β-unsaturated/α-hetero) is 1. The van der Waals surface area contributed by atoms with Crippen LogP contribution in [0.4, 0.5) is 0 Å². The van der Waals surface area contributed by atoms with Gasteiger partial charge in [-0.25, -0.2) is 0 Å². The molecule has 76 valence electrons. The van der Waals surface area contributed by atoms with Gasteiger partial charge in [-0.15, -0.1) is 0 Å². The highest BCUT2D eigenvalue weighted by atomic mass is 16.5. The van der Waals surface area contributed by atoms with Crippen molar-refractivity contribution in [2.45, 2.75) is 39.9 Å². The Balaban J connectivity index is 2.72. The smallest absolute Gasteiger partial charge is 0.151 e. The summed E-state index contributed by atoms with van der Waals surface area (Å²) in [5, 5.41) is 17.7. The Kier molecular flexibility index (Phi) is 2.78.